The molecule has 0 saturated carbocycles. The maximum atomic E-state index is 12.0. The predicted molar refractivity (Wildman–Crippen MR) is 70.4 cm³/mol. The molecule has 0 aromatic carbocycles. The second-order valence-corrected chi connectivity index (χ2v) is 5.33. The Kier molecular flexibility index (Phi) is 4.65. The van der Waals surface area contributed by atoms with E-state index in [2.05, 4.69) is 20.8 Å². The largest absolute Gasteiger partial charge is 0.353 e. The molecule has 0 bridgehead atoms. The molecule has 0 unspecified atom stereocenters. The number of likely N-dealkylation sites (tertiary alicyclic amines) is 1. The zero-order chi connectivity index (χ0) is 14.5. The average molecular weight is 280 g/mol. The first-order valence-corrected chi connectivity index (χ1v) is 6.85. The average Bonchev–Trinajstić information content (AvgIpc) is 2.92. The van der Waals surface area contributed by atoms with Crippen molar-refractivity contribution in [3.63, 3.8) is 0 Å². The molecule has 1 aromatic heterocycles. The van der Waals surface area contributed by atoms with Crippen molar-refractivity contribution in [2.24, 2.45) is 5.92 Å². The summed E-state index contributed by atoms with van der Waals surface area (Å²) < 4.78 is 1.41. The van der Waals surface area contributed by atoms with E-state index < -0.39 is 0 Å². The lowest BCUT2D eigenvalue weighted by molar-refractivity contribution is -0.133. The van der Waals surface area contributed by atoms with Gasteiger partial charge < -0.3 is 10.2 Å². The molecule has 8 nitrogen and oxygen atoms in total. The molecular weight excluding hydrogens is 260 g/mol. The molecule has 0 aliphatic carbocycles. The van der Waals surface area contributed by atoms with Gasteiger partial charge in [0.2, 0.25) is 11.8 Å². The smallest absolute Gasteiger partial charge is 0.244 e. The molecule has 110 valence electrons. The van der Waals surface area contributed by atoms with Crippen LogP contribution < -0.4 is 5.32 Å². The van der Waals surface area contributed by atoms with E-state index in [9.17, 15) is 9.59 Å². The van der Waals surface area contributed by atoms with Gasteiger partial charge in [0.1, 0.15) is 12.9 Å². The maximum Gasteiger partial charge on any atom is 0.244 e. The molecule has 8 heteroatoms. The van der Waals surface area contributed by atoms with E-state index in [-0.39, 0.29) is 30.3 Å². The molecular formula is C12H20N6O2. The summed E-state index contributed by atoms with van der Waals surface area (Å²) in [4.78, 5) is 25.4. The summed E-state index contributed by atoms with van der Waals surface area (Å²) in [7, 11) is 0. The van der Waals surface area contributed by atoms with Crippen LogP contribution in [0, 0.1) is 5.92 Å². The lowest BCUT2D eigenvalue weighted by Gasteiger charge is -2.32. The van der Waals surface area contributed by atoms with Crippen LogP contribution in [-0.4, -0.2) is 56.1 Å². The van der Waals surface area contributed by atoms with Gasteiger partial charge in [-0.05, 0) is 23.3 Å². The number of hydrogen-bond donors (Lipinski definition) is 1. The molecule has 1 fully saturated rings. The SMILES string of the molecule is CC(C)C(=O)NC1CCN(C(=O)Cn2cnnn2)CC1. The molecule has 2 rings (SSSR count). The van der Waals surface area contributed by atoms with Gasteiger partial charge in [-0.1, -0.05) is 13.8 Å². The van der Waals surface area contributed by atoms with Gasteiger partial charge in [0.25, 0.3) is 0 Å². The number of amides is 2. The Morgan fingerprint density at radius 2 is 2.05 bits per heavy atom. The Bertz CT molecular complexity index is 451. The number of carbonyl (C=O) groups is 2. The first-order chi connectivity index (χ1) is 9.56. The van der Waals surface area contributed by atoms with Crippen LogP contribution in [0.4, 0.5) is 0 Å². The van der Waals surface area contributed by atoms with Gasteiger partial charge in [-0.15, -0.1) is 5.10 Å². The van der Waals surface area contributed by atoms with Crippen LogP contribution in [0.25, 0.3) is 0 Å². The van der Waals surface area contributed by atoms with E-state index >= 15 is 0 Å². The highest BCUT2D eigenvalue weighted by atomic mass is 16.2. The van der Waals surface area contributed by atoms with Gasteiger partial charge in [0, 0.05) is 25.0 Å². The molecule has 0 atom stereocenters. The fraction of sp³-hybridized carbons (Fsp3) is 0.750. The third-order valence-electron chi connectivity index (χ3n) is 3.41. The van der Waals surface area contributed by atoms with Gasteiger partial charge in [0.05, 0.1) is 0 Å². The predicted octanol–water partition coefficient (Wildman–Crippen LogP) is -0.564. The van der Waals surface area contributed by atoms with Crippen molar-refractivity contribution in [3.8, 4) is 0 Å². The van der Waals surface area contributed by atoms with Gasteiger partial charge in [0.15, 0.2) is 0 Å². The zero-order valence-electron chi connectivity index (χ0n) is 11.8. The van der Waals surface area contributed by atoms with Crippen LogP contribution in [0.5, 0.6) is 0 Å². The third-order valence-corrected chi connectivity index (χ3v) is 3.41. The number of nitrogens with zero attached hydrogens (tertiary/aromatic N) is 5. The second kappa shape index (κ2) is 6.44. The van der Waals surface area contributed by atoms with E-state index in [0.29, 0.717) is 13.1 Å². The Hall–Kier alpha value is -1.99. The normalized spacial score (nSPS) is 16.4. The summed E-state index contributed by atoms with van der Waals surface area (Å²) in [5.74, 6) is 0.0730. The first kappa shape index (κ1) is 14.4. The second-order valence-electron chi connectivity index (χ2n) is 5.33. The maximum absolute atomic E-state index is 12.0. The van der Waals surface area contributed by atoms with E-state index in [4.69, 9.17) is 0 Å². The minimum atomic E-state index is -0.00511. The number of aromatic nitrogens is 4. The van der Waals surface area contributed by atoms with E-state index in [1.165, 1.54) is 11.0 Å². The highest BCUT2D eigenvalue weighted by molar-refractivity contribution is 5.78. The Morgan fingerprint density at radius 1 is 1.35 bits per heavy atom. The molecule has 0 spiro atoms. The van der Waals surface area contributed by atoms with Gasteiger partial charge in [-0.2, -0.15) is 0 Å². The topological polar surface area (TPSA) is 93.0 Å². The molecule has 1 aromatic rings. The Morgan fingerprint density at radius 3 is 2.60 bits per heavy atom. The van der Waals surface area contributed by atoms with Crippen molar-refractivity contribution >= 4 is 11.8 Å². The standard InChI is InChI=1S/C12H20N6O2/c1-9(2)12(20)14-10-3-5-17(6-4-10)11(19)7-18-8-13-15-16-18/h8-10H,3-7H2,1-2H3,(H,14,20). The highest BCUT2D eigenvalue weighted by Gasteiger charge is 2.24. The van der Waals surface area contributed by atoms with Crippen molar-refractivity contribution in [3.05, 3.63) is 6.33 Å². The number of rotatable bonds is 4. The summed E-state index contributed by atoms with van der Waals surface area (Å²) in [6.45, 7) is 5.23. The summed E-state index contributed by atoms with van der Waals surface area (Å²) in [6, 6.07) is 0.169. The Labute approximate surface area is 117 Å². The third kappa shape index (κ3) is 3.75. The molecule has 1 aliphatic heterocycles. The quantitative estimate of drug-likeness (QED) is 0.797. The minimum absolute atomic E-state index is 0.00511. The van der Waals surface area contributed by atoms with Crippen molar-refractivity contribution in [2.75, 3.05) is 13.1 Å². The molecule has 1 N–H and O–H groups in total. The summed E-state index contributed by atoms with van der Waals surface area (Å²) in [5, 5.41) is 13.7. The number of piperidine rings is 1. The van der Waals surface area contributed by atoms with Crippen LogP contribution >= 0.6 is 0 Å². The molecule has 2 heterocycles. The van der Waals surface area contributed by atoms with Crippen LogP contribution in [0.1, 0.15) is 26.7 Å². The van der Waals surface area contributed by atoms with Crippen molar-refractivity contribution in [2.45, 2.75) is 39.3 Å². The molecule has 2 amide bonds. The van der Waals surface area contributed by atoms with Crippen LogP contribution in [0.3, 0.4) is 0 Å². The zero-order valence-corrected chi connectivity index (χ0v) is 11.8. The van der Waals surface area contributed by atoms with Gasteiger partial charge in [-0.25, -0.2) is 4.68 Å². The van der Waals surface area contributed by atoms with E-state index in [0.717, 1.165) is 12.8 Å². The van der Waals surface area contributed by atoms with Crippen molar-refractivity contribution < 1.29 is 9.59 Å². The van der Waals surface area contributed by atoms with Crippen LogP contribution in [-0.2, 0) is 16.1 Å². The first-order valence-electron chi connectivity index (χ1n) is 6.85. The van der Waals surface area contributed by atoms with Crippen molar-refractivity contribution in [1.29, 1.82) is 0 Å². The van der Waals surface area contributed by atoms with Crippen LogP contribution in [0.15, 0.2) is 6.33 Å². The highest BCUT2D eigenvalue weighted by Crippen LogP contribution is 2.11. The van der Waals surface area contributed by atoms with E-state index in [1.54, 1.807) is 4.90 Å². The van der Waals surface area contributed by atoms with Crippen LogP contribution in [0.2, 0.25) is 0 Å². The number of hydrogen-bond acceptors (Lipinski definition) is 5. The number of carbonyl (C=O) groups excluding carboxylic acids is 2. The van der Waals surface area contributed by atoms with Gasteiger partial charge in [-0.3, -0.25) is 9.59 Å². The molecule has 1 aliphatic rings. The number of tetrazole rings is 1. The molecule has 1 saturated heterocycles. The molecule has 20 heavy (non-hydrogen) atoms. The van der Waals surface area contributed by atoms with Gasteiger partial charge >= 0.3 is 0 Å². The summed E-state index contributed by atoms with van der Waals surface area (Å²) >= 11 is 0. The van der Waals surface area contributed by atoms with E-state index in [1.807, 2.05) is 13.8 Å². The minimum Gasteiger partial charge on any atom is -0.353 e. The lowest BCUT2D eigenvalue weighted by Crippen LogP contribution is -2.48. The van der Waals surface area contributed by atoms with Crippen molar-refractivity contribution in [1.82, 2.24) is 30.4 Å². The summed E-state index contributed by atoms with van der Waals surface area (Å²) in [5.41, 5.74) is 0. The lowest BCUT2D eigenvalue weighted by atomic mass is 10.0. The fourth-order valence-electron chi connectivity index (χ4n) is 2.13. The monoisotopic (exact) mass is 280 g/mol. The fourth-order valence-corrected chi connectivity index (χ4v) is 2.13. The Balaban J connectivity index is 1.76. The summed E-state index contributed by atoms with van der Waals surface area (Å²) in [6.07, 6.45) is 3.01. The number of nitrogens with one attached hydrogen (secondary N) is 1. The molecule has 0 radical (unpaired) electrons.